The van der Waals surface area contributed by atoms with E-state index in [0.29, 0.717) is 11.6 Å². The highest BCUT2D eigenvalue weighted by molar-refractivity contribution is 7.81. The zero-order valence-corrected chi connectivity index (χ0v) is 21.4. The minimum absolute atomic E-state index is 0.261. The first-order chi connectivity index (χ1) is 18.1. The summed E-state index contributed by atoms with van der Waals surface area (Å²) in [5.41, 5.74) is 7.05. The number of rotatable bonds is 6. The van der Waals surface area contributed by atoms with E-state index in [2.05, 4.69) is 28.9 Å². The first kappa shape index (κ1) is 23.4. The number of anilines is 1. The molecule has 0 atom stereocenters. The van der Waals surface area contributed by atoms with Crippen molar-refractivity contribution >= 4 is 28.5 Å². The van der Waals surface area contributed by atoms with Crippen LogP contribution in [0.4, 0.5) is 10.1 Å². The van der Waals surface area contributed by atoms with Crippen LogP contribution in [0.3, 0.4) is 0 Å². The van der Waals surface area contributed by atoms with Crippen molar-refractivity contribution in [2.24, 2.45) is 0 Å². The van der Waals surface area contributed by atoms with Crippen LogP contribution in [-0.2, 0) is 19.6 Å². The van der Waals surface area contributed by atoms with E-state index in [9.17, 15) is 4.39 Å². The summed E-state index contributed by atoms with van der Waals surface area (Å²) in [5, 5.41) is 8.47. The van der Waals surface area contributed by atoms with E-state index < -0.39 is 0 Å². The molecule has 0 saturated carbocycles. The third-order valence-corrected chi connectivity index (χ3v) is 7.09. The van der Waals surface area contributed by atoms with Crippen LogP contribution >= 0.6 is 12.2 Å². The Kier molecular flexibility index (Phi) is 6.22. The molecule has 0 amide bonds. The number of aromatic nitrogens is 3. The lowest BCUT2D eigenvalue weighted by atomic mass is 9.98. The van der Waals surface area contributed by atoms with Crippen molar-refractivity contribution in [2.45, 2.75) is 39.3 Å². The molecule has 1 aliphatic rings. The lowest BCUT2D eigenvalue weighted by molar-refractivity contribution is 0.288. The third-order valence-electron chi connectivity index (χ3n) is 6.80. The van der Waals surface area contributed by atoms with E-state index in [-0.39, 0.29) is 5.82 Å². The molecule has 0 aliphatic carbocycles. The largest absolute Gasteiger partial charge is 0.486 e. The molecule has 3 aromatic carbocycles. The van der Waals surface area contributed by atoms with Gasteiger partial charge in [-0.3, -0.25) is 0 Å². The van der Waals surface area contributed by atoms with Gasteiger partial charge in [-0.15, -0.1) is 5.10 Å². The highest BCUT2D eigenvalue weighted by Gasteiger charge is 2.29. The second kappa shape index (κ2) is 9.82. The zero-order valence-electron chi connectivity index (χ0n) is 20.6. The Morgan fingerprint density at radius 1 is 1.03 bits per heavy atom. The van der Waals surface area contributed by atoms with Crippen LogP contribution in [0.15, 0.2) is 78.9 Å². The monoisotopic (exact) mass is 510 g/mol. The van der Waals surface area contributed by atoms with Crippen LogP contribution in [0, 0.1) is 12.7 Å². The van der Waals surface area contributed by atoms with Gasteiger partial charge in [0.2, 0.25) is 0 Å². The van der Waals surface area contributed by atoms with Crippen molar-refractivity contribution in [3.63, 3.8) is 0 Å². The Labute approximate surface area is 220 Å². The highest BCUT2D eigenvalue weighted by Crippen LogP contribution is 2.37. The van der Waals surface area contributed by atoms with E-state index >= 15 is 0 Å². The Bertz CT molecular complexity index is 1590. The van der Waals surface area contributed by atoms with E-state index in [0.717, 1.165) is 71.1 Å². The molecule has 5 aromatic rings. The van der Waals surface area contributed by atoms with Crippen LogP contribution in [-0.4, -0.2) is 19.2 Å². The number of nitrogens with one attached hydrogen (secondary N) is 1. The first-order valence-electron chi connectivity index (χ1n) is 12.5. The van der Waals surface area contributed by atoms with Crippen molar-refractivity contribution < 1.29 is 9.13 Å². The number of ether oxygens (including phenoxy) is 1. The number of para-hydroxylation sites is 1. The Hall–Kier alpha value is -3.97. The standard InChI is InChI=1S/C30H27FN4OS/c1-20-8-7-9-23(18-20)32-29(37)28-27(21-13-15-22(31)16-14-21)25-12-5-6-17-34-26(33-35(28)30(25)34)19-36-24-10-3-2-4-11-24/h2-4,7-11,13-16,18H,5-6,12,17,19H2,1H3,(H,32,37). The average molecular weight is 511 g/mol. The second-order valence-corrected chi connectivity index (χ2v) is 9.80. The first-order valence-corrected chi connectivity index (χ1v) is 12.9. The van der Waals surface area contributed by atoms with Gasteiger partial charge in [0, 0.05) is 23.4 Å². The molecular weight excluding hydrogens is 483 g/mol. The zero-order chi connectivity index (χ0) is 25.4. The van der Waals surface area contributed by atoms with Crippen LogP contribution in [0.2, 0.25) is 0 Å². The van der Waals surface area contributed by atoms with Gasteiger partial charge in [0.25, 0.3) is 0 Å². The Morgan fingerprint density at radius 3 is 2.62 bits per heavy atom. The molecule has 0 unspecified atom stereocenters. The molecular formula is C30H27FN4OS. The quantitative estimate of drug-likeness (QED) is 0.251. The molecule has 1 aliphatic heterocycles. The predicted molar refractivity (Wildman–Crippen MR) is 149 cm³/mol. The molecule has 1 N–H and O–H groups in total. The molecule has 0 fully saturated rings. The van der Waals surface area contributed by atoms with E-state index in [1.807, 2.05) is 59.1 Å². The fraction of sp³-hybridized carbons (Fsp3) is 0.200. The number of hydrogen-bond acceptors (Lipinski definition) is 3. The van der Waals surface area contributed by atoms with Gasteiger partial charge in [0.15, 0.2) is 5.82 Å². The molecule has 3 heterocycles. The van der Waals surface area contributed by atoms with E-state index in [1.165, 1.54) is 17.7 Å². The molecule has 7 heteroatoms. The van der Waals surface area contributed by atoms with Crippen molar-refractivity contribution in [1.29, 1.82) is 0 Å². The number of hydrogen-bond donors (Lipinski definition) is 1. The normalized spacial score (nSPS) is 12.9. The molecule has 6 rings (SSSR count). The van der Waals surface area contributed by atoms with E-state index in [4.69, 9.17) is 22.1 Å². The summed E-state index contributed by atoms with van der Waals surface area (Å²) in [7, 11) is 0. The van der Waals surface area contributed by atoms with Crippen LogP contribution < -0.4 is 10.1 Å². The smallest absolute Gasteiger partial charge is 0.169 e. The number of halogens is 1. The highest BCUT2D eigenvalue weighted by atomic mass is 32.1. The molecule has 0 spiro atoms. The van der Waals surface area contributed by atoms with Crippen molar-refractivity contribution in [2.75, 3.05) is 5.32 Å². The lowest BCUT2D eigenvalue weighted by Gasteiger charge is -2.12. The van der Waals surface area contributed by atoms with Gasteiger partial charge >= 0.3 is 0 Å². The minimum Gasteiger partial charge on any atom is -0.486 e. The summed E-state index contributed by atoms with van der Waals surface area (Å²) in [6.07, 6.45) is 2.99. The number of benzene rings is 3. The molecule has 2 aromatic heterocycles. The number of nitrogens with zero attached hydrogens (tertiary/aromatic N) is 3. The summed E-state index contributed by atoms with van der Waals surface area (Å²) < 4.78 is 24.2. The molecule has 0 saturated heterocycles. The fourth-order valence-corrected chi connectivity index (χ4v) is 5.43. The molecule has 37 heavy (non-hydrogen) atoms. The summed E-state index contributed by atoms with van der Waals surface area (Å²) in [4.78, 5) is 0.576. The summed E-state index contributed by atoms with van der Waals surface area (Å²) >= 11 is 6.01. The van der Waals surface area contributed by atoms with Gasteiger partial charge in [-0.05, 0) is 73.7 Å². The van der Waals surface area contributed by atoms with Crippen LogP contribution in [0.25, 0.3) is 16.8 Å². The average Bonchev–Trinajstić information content (AvgIpc) is 3.30. The minimum atomic E-state index is -0.261. The van der Waals surface area contributed by atoms with Crippen molar-refractivity contribution in [3.05, 3.63) is 107 Å². The maximum atomic E-state index is 13.9. The Morgan fingerprint density at radius 2 is 1.84 bits per heavy atom. The molecule has 186 valence electrons. The van der Waals surface area contributed by atoms with Gasteiger partial charge in [0.05, 0.1) is 0 Å². The maximum absolute atomic E-state index is 13.9. The van der Waals surface area contributed by atoms with Gasteiger partial charge < -0.3 is 14.6 Å². The molecule has 5 nitrogen and oxygen atoms in total. The summed E-state index contributed by atoms with van der Waals surface area (Å²) in [6.45, 7) is 3.27. The number of thiocarbonyl (C=S) groups is 1. The molecule has 0 bridgehead atoms. The molecule has 0 radical (unpaired) electrons. The van der Waals surface area contributed by atoms with Gasteiger partial charge in [-0.1, -0.05) is 54.7 Å². The maximum Gasteiger partial charge on any atom is 0.169 e. The lowest BCUT2D eigenvalue weighted by Crippen LogP contribution is -2.15. The van der Waals surface area contributed by atoms with Crippen LogP contribution in [0.1, 0.15) is 35.5 Å². The van der Waals surface area contributed by atoms with Gasteiger partial charge in [-0.2, -0.15) is 0 Å². The predicted octanol–water partition coefficient (Wildman–Crippen LogP) is 6.95. The van der Waals surface area contributed by atoms with Gasteiger partial charge in [-0.25, -0.2) is 8.91 Å². The fourth-order valence-electron chi connectivity index (χ4n) is 5.13. The topological polar surface area (TPSA) is 43.5 Å². The van der Waals surface area contributed by atoms with Crippen molar-refractivity contribution in [3.8, 4) is 16.9 Å². The summed E-state index contributed by atoms with van der Waals surface area (Å²) in [5.74, 6) is 1.40. The number of aryl methyl sites for hydroxylation is 3. The van der Waals surface area contributed by atoms with Gasteiger partial charge in [0.1, 0.15) is 34.5 Å². The third kappa shape index (κ3) is 4.51. The van der Waals surface area contributed by atoms with Crippen LogP contribution in [0.5, 0.6) is 5.75 Å². The van der Waals surface area contributed by atoms with Crippen molar-refractivity contribution in [1.82, 2.24) is 14.2 Å². The summed E-state index contributed by atoms with van der Waals surface area (Å²) in [6, 6.07) is 24.6. The van der Waals surface area contributed by atoms with E-state index in [1.54, 1.807) is 0 Å². The SMILES string of the molecule is Cc1cccc(NC(=S)c2c(-c3ccc(F)cc3)c3c4n(c(COc5ccccc5)nn24)CCCC3)c1. The second-order valence-electron chi connectivity index (χ2n) is 9.39. The Balaban J connectivity index is 1.50.